The Morgan fingerprint density at radius 3 is 2.56 bits per heavy atom. The third kappa shape index (κ3) is 3.05. The van der Waals surface area contributed by atoms with E-state index in [2.05, 4.69) is 18.7 Å². The van der Waals surface area contributed by atoms with Crippen LogP contribution in [0.15, 0.2) is 24.3 Å². The van der Waals surface area contributed by atoms with Crippen LogP contribution in [-0.4, -0.2) is 23.1 Å². The topological polar surface area (TPSA) is 23.5 Å². The van der Waals surface area contributed by atoms with Gasteiger partial charge in [-0.1, -0.05) is 38.0 Å². The fourth-order valence-corrected chi connectivity index (χ4v) is 3.07. The van der Waals surface area contributed by atoms with Crippen LogP contribution in [0.2, 0.25) is 0 Å². The molecule has 0 radical (unpaired) electrons. The predicted molar refractivity (Wildman–Crippen MR) is 75.7 cm³/mol. The molecule has 2 heteroatoms. The lowest BCUT2D eigenvalue weighted by atomic mass is 9.91. The fourth-order valence-electron chi connectivity index (χ4n) is 3.07. The molecule has 2 rings (SSSR count). The van der Waals surface area contributed by atoms with E-state index in [9.17, 15) is 5.11 Å². The van der Waals surface area contributed by atoms with E-state index < -0.39 is 0 Å². The van der Waals surface area contributed by atoms with Gasteiger partial charge in [0.1, 0.15) is 5.75 Å². The van der Waals surface area contributed by atoms with Gasteiger partial charge in [-0.15, -0.1) is 0 Å². The number of piperidine rings is 1. The second kappa shape index (κ2) is 6.24. The first-order valence-electron chi connectivity index (χ1n) is 7.24. The number of nitrogens with zero attached hydrogens (tertiary/aromatic N) is 1. The van der Waals surface area contributed by atoms with Gasteiger partial charge in [0.2, 0.25) is 0 Å². The molecule has 0 saturated carbocycles. The highest BCUT2D eigenvalue weighted by Crippen LogP contribution is 2.32. The maximum Gasteiger partial charge on any atom is 0.120 e. The van der Waals surface area contributed by atoms with Crippen molar-refractivity contribution in [2.45, 2.75) is 45.6 Å². The summed E-state index contributed by atoms with van der Waals surface area (Å²) in [5.41, 5.74) is 1.06. The Hall–Kier alpha value is -1.02. The summed E-state index contributed by atoms with van der Waals surface area (Å²) in [5.74, 6) is 1.35. The molecule has 18 heavy (non-hydrogen) atoms. The third-order valence-electron chi connectivity index (χ3n) is 4.28. The Balaban J connectivity index is 1.95. The van der Waals surface area contributed by atoms with Crippen LogP contribution in [0.5, 0.6) is 5.75 Å². The lowest BCUT2D eigenvalue weighted by Crippen LogP contribution is -2.35. The molecule has 0 aromatic heterocycles. The number of likely N-dealkylation sites (tertiary alicyclic amines) is 1. The molecule has 1 unspecified atom stereocenters. The van der Waals surface area contributed by atoms with Gasteiger partial charge in [-0.2, -0.15) is 0 Å². The lowest BCUT2D eigenvalue weighted by Gasteiger charge is -2.36. The van der Waals surface area contributed by atoms with E-state index in [4.69, 9.17) is 0 Å². The first kappa shape index (κ1) is 13.4. The molecule has 1 fully saturated rings. The number of phenolic OH excluding ortho intramolecular Hbond substituents is 1. The highest BCUT2D eigenvalue weighted by molar-refractivity contribution is 5.34. The van der Waals surface area contributed by atoms with Gasteiger partial charge in [-0.05, 0) is 44.8 Å². The Bertz CT molecular complexity index is 369. The number of hydrogen-bond donors (Lipinski definition) is 1. The van der Waals surface area contributed by atoms with Crippen LogP contribution < -0.4 is 0 Å². The Morgan fingerprint density at radius 2 is 1.94 bits per heavy atom. The first-order valence-corrected chi connectivity index (χ1v) is 7.24. The quantitative estimate of drug-likeness (QED) is 0.870. The smallest absolute Gasteiger partial charge is 0.120 e. The normalized spacial score (nSPS) is 19.9. The summed E-state index contributed by atoms with van der Waals surface area (Å²) in [6.07, 6.45) is 5.30. The van der Waals surface area contributed by atoms with Gasteiger partial charge in [0.25, 0.3) is 0 Å². The molecule has 1 aliphatic heterocycles. The summed E-state index contributed by atoms with van der Waals surface area (Å²) in [6.45, 7) is 6.81. The molecule has 0 spiro atoms. The van der Waals surface area contributed by atoms with E-state index >= 15 is 0 Å². The average molecular weight is 247 g/mol. The summed E-state index contributed by atoms with van der Waals surface area (Å²) in [5, 5.41) is 9.92. The molecule has 1 atom stereocenters. The van der Waals surface area contributed by atoms with Crippen LogP contribution in [0, 0.1) is 5.92 Å². The van der Waals surface area contributed by atoms with E-state index in [1.165, 1.54) is 38.8 Å². The van der Waals surface area contributed by atoms with Crippen molar-refractivity contribution in [3.63, 3.8) is 0 Å². The molecule has 1 aliphatic rings. The molecule has 100 valence electrons. The lowest BCUT2D eigenvalue weighted by molar-refractivity contribution is 0.135. The molecule has 0 aliphatic carbocycles. The summed E-state index contributed by atoms with van der Waals surface area (Å²) in [7, 11) is 0. The largest absolute Gasteiger partial charge is 0.508 e. The van der Waals surface area contributed by atoms with Crippen molar-refractivity contribution >= 4 is 0 Å². The van der Waals surface area contributed by atoms with E-state index in [-0.39, 0.29) is 0 Å². The number of rotatable bonds is 4. The minimum absolute atomic E-state index is 0.328. The van der Waals surface area contributed by atoms with Crippen LogP contribution >= 0.6 is 0 Å². The van der Waals surface area contributed by atoms with Crippen molar-refractivity contribution in [3.05, 3.63) is 29.8 Å². The van der Waals surface area contributed by atoms with Gasteiger partial charge in [0, 0.05) is 11.6 Å². The molecule has 1 aromatic rings. The number of phenols is 1. The Labute approximate surface area is 111 Å². The van der Waals surface area contributed by atoms with Crippen LogP contribution in [0.3, 0.4) is 0 Å². The van der Waals surface area contributed by atoms with Gasteiger partial charge in [0.15, 0.2) is 0 Å². The van der Waals surface area contributed by atoms with Crippen molar-refractivity contribution < 1.29 is 5.11 Å². The van der Waals surface area contributed by atoms with Crippen LogP contribution in [-0.2, 0) is 0 Å². The van der Waals surface area contributed by atoms with Gasteiger partial charge in [0.05, 0.1) is 0 Å². The van der Waals surface area contributed by atoms with Gasteiger partial charge in [-0.25, -0.2) is 0 Å². The average Bonchev–Trinajstić information content (AvgIpc) is 2.40. The molecular weight excluding hydrogens is 222 g/mol. The maximum atomic E-state index is 9.92. The SMILES string of the molecule is CCCC1CCN(C(C)c2ccccc2O)CC1. The molecule has 0 bridgehead atoms. The van der Waals surface area contributed by atoms with Crippen molar-refractivity contribution in [2.75, 3.05) is 13.1 Å². The van der Waals surface area contributed by atoms with Crippen molar-refractivity contribution in [2.24, 2.45) is 5.92 Å². The predicted octanol–water partition coefficient (Wildman–Crippen LogP) is 3.97. The second-order valence-corrected chi connectivity index (χ2v) is 5.50. The Morgan fingerprint density at radius 1 is 1.28 bits per heavy atom. The monoisotopic (exact) mass is 247 g/mol. The zero-order chi connectivity index (χ0) is 13.0. The molecule has 1 saturated heterocycles. The zero-order valence-corrected chi connectivity index (χ0v) is 11.6. The molecular formula is C16H25NO. The maximum absolute atomic E-state index is 9.92. The molecule has 1 aromatic carbocycles. The Kier molecular flexibility index (Phi) is 4.65. The number of hydrogen-bond acceptors (Lipinski definition) is 2. The van der Waals surface area contributed by atoms with Gasteiger partial charge < -0.3 is 5.11 Å². The summed E-state index contributed by atoms with van der Waals surface area (Å²) >= 11 is 0. The van der Waals surface area contributed by atoms with E-state index in [0.29, 0.717) is 11.8 Å². The highest BCUT2D eigenvalue weighted by atomic mass is 16.3. The first-order chi connectivity index (χ1) is 8.72. The standard InChI is InChI=1S/C16H25NO/c1-3-6-14-9-11-17(12-10-14)13(2)15-7-4-5-8-16(15)18/h4-5,7-8,13-14,18H,3,6,9-12H2,1-2H3. The number of aromatic hydroxyl groups is 1. The van der Waals surface area contributed by atoms with E-state index in [0.717, 1.165) is 11.5 Å². The fraction of sp³-hybridized carbons (Fsp3) is 0.625. The molecule has 1 heterocycles. The van der Waals surface area contributed by atoms with Crippen LogP contribution in [0.25, 0.3) is 0 Å². The number of benzene rings is 1. The summed E-state index contributed by atoms with van der Waals surface area (Å²) < 4.78 is 0. The third-order valence-corrected chi connectivity index (χ3v) is 4.28. The van der Waals surface area contributed by atoms with Crippen molar-refractivity contribution in [1.29, 1.82) is 0 Å². The van der Waals surface area contributed by atoms with Crippen LogP contribution in [0.1, 0.15) is 51.1 Å². The number of para-hydroxylation sites is 1. The highest BCUT2D eigenvalue weighted by Gasteiger charge is 2.24. The van der Waals surface area contributed by atoms with Gasteiger partial charge in [-0.3, -0.25) is 4.90 Å². The van der Waals surface area contributed by atoms with Crippen LogP contribution in [0.4, 0.5) is 0 Å². The van der Waals surface area contributed by atoms with E-state index in [1.54, 1.807) is 6.07 Å². The molecule has 1 N–H and O–H groups in total. The molecule has 2 nitrogen and oxygen atoms in total. The summed E-state index contributed by atoms with van der Waals surface area (Å²) in [4.78, 5) is 2.50. The zero-order valence-electron chi connectivity index (χ0n) is 11.6. The minimum atomic E-state index is 0.328. The van der Waals surface area contributed by atoms with Gasteiger partial charge >= 0.3 is 0 Å². The van der Waals surface area contributed by atoms with Crippen molar-refractivity contribution in [3.8, 4) is 5.75 Å². The van der Waals surface area contributed by atoms with E-state index in [1.807, 2.05) is 18.2 Å². The minimum Gasteiger partial charge on any atom is -0.508 e. The summed E-state index contributed by atoms with van der Waals surface area (Å²) in [6, 6.07) is 8.05. The van der Waals surface area contributed by atoms with Crippen molar-refractivity contribution in [1.82, 2.24) is 4.90 Å². The second-order valence-electron chi connectivity index (χ2n) is 5.50. The molecule has 0 amide bonds.